The first-order valence-corrected chi connectivity index (χ1v) is 9.21. The highest BCUT2D eigenvalue weighted by Crippen LogP contribution is 2.26. The normalized spacial score (nSPS) is 17.8. The average molecular weight is 323 g/mol. The predicted octanol–water partition coefficient (Wildman–Crippen LogP) is 3.94. The number of aryl methyl sites for hydroxylation is 1. The van der Waals surface area contributed by atoms with Gasteiger partial charge in [-0.2, -0.15) is 0 Å². The number of aromatic nitrogens is 1. The molecule has 0 amide bonds. The van der Waals surface area contributed by atoms with E-state index in [0.29, 0.717) is 6.04 Å². The Hall–Kier alpha value is -1.71. The van der Waals surface area contributed by atoms with Crippen LogP contribution in [-0.2, 0) is 0 Å². The van der Waals surface area contributed by atoms with E-state index in [0.717, 1.165) is 0 Å². The van der Waals surface area contributed by atoms with Gasteiger partial charge in [0.15, 0.2) is 0 Å². The summed E-state index contributed by atoms with van der Waals surface area (Å²) in [5.74, 6) is 0. The summed E-state index contributed by atoms with van der Waals surface area (Å²) in [6.07, 6.45) is 7.50. The molecule has 24 heavy (non-hydrogen) atoms. The summed E-state index contributed by atoms with van der Waals surface area (Å²) in [7, 11) is 0. The lowest BCUT2D eigenvalue weighted by molar-refractivity contribution is 0.194. The number of pyridine rings is 1. The summed E-state index contributed by atoms with van der Waals surface area (Å²) in [5, 5.41) is 3.94. The summed E-state index contributed by atoms with van der Waals surface area (Å²) >= 11 is 0. The van der Waals surface area contributed by atoms with Gasteiger partial charge in [0.1, 0.15) is 0 Å². The van der Waals surface area contributed by atoms with Crippen LogP contribution in [0.4, 0.5) is 0 Å². The molecule has 0 spiro atoms. The molecule has 1 atom stereocenters. The molecule has 1 fully saturated rings. The zero-order chi connectivity index (χ0) is 16.8. The smallest absolute Gasteiger partial charge is 0.0582 e. The molecule has 1 aliphatic heterocycles. The SMILES string of the molecule is CCCN1CCC(N[C@@H](c2ccncc2)c2ccccc2C)CC1. The van der Waals surface area contributed by atoms with Gasteiger partial charge in [-0.25, -0.2) is 0 Å². The van der Waals surface area contributed by atoms with Gasteiger partial charge in [0.25, 0.3) is 0 Å². The molecule has 0 bridgehead atoms. The van der Waals surface area contributed by atoms with Gasteiger partial charge < -0.3 is 10.2 Å². The average Bonchev–Trinajstić information content (AvgIpc) is 2.63. The van der Waals surface area contributed by atoms with E-state index in [1.807, 2.05) is 12.4 Å². The van der Waals surface area contributed by atoms with Crippen LogP contribution in [0.2, 0.25) is 0 Å². The zero-order valence-electron chi connectivity index (χ0n) is 14.9. The zero-order valence-corrected chi connectivity index (χ0v) is 14.9. The predicted molar refractivity (Wildman–Crippen MR) is 100 cm³/mol. The van der Waals surface area contributed by atoms with Crippen LogP contribution < -0.4 is 5.32 Å². The number of rotatable bonds is 6. The summed E-state index contributed by atoms with van der Waals surface area (Å²) < 4.78 is 0. The first-order valence-electron chi connectivity index (χ1n) is 9.21. The molecule has 2 aromatic rings. The maximum absolute atomic E-state index is 4.19. The molecule has 1 aliphatic rings. The van der Waals surface area contributed by atoms with Crippen molar-refractivity contribution in [3.05, 3.63) is 65.5 Å². The van der Waals surface area contributed by atoms with Gasteiger partial charge in [0.05, 0.1) is 6.04 Å². The third-order valence-corrected chi connectivity index (χ3v) is 5.07. The lowest BCUT2D eigenvalue weighted by Crippen LogP contribution is -2.44. The van der Waals surface area contributed by atoms with Crippen LogP contribution in [0.1, 0.15) is 48.9 Å². The van der Waals surface area contributed by atoms with E-state index < -0.39 is 0 Å². The fraction of sp³-hybridized carbons (Fsp3) is 0.476. The van der Waals surface area contributed by atoms with Crippen LogP contribution in [0.3, 0.4) is 0 Å². The van der Waals surface area contributed by atoms with Gasteiger partial charge in [-0.1, -0.05) is 31.2 Å². The minimum atomic E-state index is 0.247. The molecular weight excluding hydrogens is 294 g/mol. The third kappa shape index (κ3) is 4.22. The molecule has 0 aliphatic carbocycles. The molecule has 0 radical (unpaired) electrons. The molecule has 128 valence electrons. The molecule has 1 aromatic carbocycles. The Labute approximate surface area is 146 Å². The van der Waals surface area contributed by atoms with Crippen molar-refractivity contribution in [3.63, 3.8) is 0 Å². The van der Waals surface area contributed by atoms with Gasteiger partial charge in [-0.15, -0.1) is 0 Å². The van der Waals surface area contributed by atoms with Gasteiger partial charge in [0.2, 0.25) is 0 Å². The largest absolute Gasteiger partial charge is 0.303 e. The molecule has 1 N–H and O–H groups in total. The highest BCUT2D eigenvalue weighted by atomic mass is 15.1. The lowest BCUT2D eigenvalue weighted by Gasteiger charge is -2.35. The van der Waals surface area contributed by atoms with E-state index in [1.165, 1.54) is 55.6 Å². The molecular formula is C21H29N3. The fourth-order valence-electron chi connectivity index (χ4n) is 3.71. The molecule has 3 nitrogen and oxygen atoms in total. The monoisotopic (exact) mass is 323 g/mol. The Balaban J connectivity index is 1.76. The number of hydrogen-bond donors (Lipinski definition) is 1. The van der Waals surface area contributed by atoms with Crippen molar-refractivity contribution < 1.29 is 0 Å². The summed E-state index contributed by atoms with van der Waals surface area (Å²) in [5.41, 5.74) is 4.02. The number of piperidine rings is 1. The van der Waals surface area contributed by atoms with Crippen LogP contribution in [0.5, 0.6) is 0 Å². The van der Waals surface area contributed by atoms with Gasteiger partial charge in [-0.3, -0.25) is 4.98 Å². The van der Waals surface area contributed by atoms with Crippen molar-refractivity contribution in [2.24, 2.45) is 0 Å². The first kappa shape index (κ1) is 17.1. The molecule has 1 aromatic heterocycles. The Morgan fingerprint density at radius 2 is 1.83 bits per heavy atom. The van der Waals surface area contributed by atoms with Crippen LogP contribution in [0.25, 0.3) is 0 Å². The Kier molecular flexibility index (Phi) is 6.00. The molecule has 3 heteroatoms. The second-order valence-electron chi connectivity index (χ2n) is 6.85. The molecule has 0 unspecified atom stereocenters. The van der Waals surface area contributed by atoms with E-state index in [9.17, 15) is 0 Å². The molecule has 1 saturated heterocycles. The second kappa shape index (κ2) is 8.41. The van der Waals surface area contributed by atoms with Crippen molar-refractivity contribution in [2.75, 3.05) is 19.6 Å². The minimum Gasteiger partial charge on any atom is -0.303 e. The van der Waals surface area contributed by atoms with Crippen molar-refractivity contribution in [2.45, 2.75) is 45.2 Å². The van der Waals surface area contributed by atoms with Crippen LogP contribution in [0.15, 0.2) is 48.8 Å². The van der Waals surface area contributed by atoms with Gasteiger partial charge in [0, 0.05) is 18.4 Å². The molecule has 2 heterocycles. The van der Waals surface area contributed by atoms with Crippen LogP contribution in [-0.4, -0.2) is 35.6 Å². The topological polar surface area (TPSA) is 28.2 Å². The van der Waals surface area contributed by atoms with E-state index >= 15 is 0 Å². The second-order valence-corrected chi connectivity index (χ2v) is 6.85. The Bertz CT molecular complexity index is 618. The molecule has 3 rings (SSSR count). The first-order chi connectivity index (χ1) is 11.8. The van der Waals surface area contributed by atoms with Crippen molar-refractivity contribution >= 4 is 0 Å². The maximum Gasteiger partial charge on any atom is 0.0582 e. The van der Waals surface area contributed by atoms with Gasteiger partial charge >= 0.3 is 0 Å². The number of nitrogens with one attached hydrogen (secondary N) is 1. The highest BCUT2D eigenvalue weighted by Gasteiger charge is 2.23. The summed E-state index contributed by atoms with van der Waals surface area (Å²) in [6, 6.07) is 13.8. The quantitative estimate of drug-likeness (QED) is 0.872. The van der Waals surface area contributed by atoms with Crippen molar-refractivity contribution in [1.82, 2.24) is 15.2 Å². The maximum atomic E-state index is 4.19. The van der Waals surface area contributed by atoms with E-state index in [4.69, 9.17) is 0 Å². The lowest BCUT2D eigenvalue weighted by atomic mass is 9.93. The summed E-state index contributed by atoms with van der Waals surface area (Å²) in [4.78, 5) is 6.78. The molecule has 0 saturated carbocycles. The van der Waals surface area contributed by atoms with E-state index in [2.05, 4.69) is 65.4 Å². The Morgan fingerprint density at radius 3 is 2.50 bits per heavy atom. The highest BCUT2D eigenvalue weighted by molar-refractivity contribution is 5.36. The number of nitrogens with zero attached hydrogens (tertiary/aromatic N) is 2. The number of likely N-dealkylation sites (tertiary alicyclic amines) is 1. The van der Waals surface area contributed by atoms with Gasteiger partial charge in [-0.05, 0) is 74.6 Å². The van der Waals surface area contributed by atoms with Crippen molar-refractivity contribution in [3.8, 4) is 0 Å². The minimum absolute atomic E-state index is 0.247. The Morgan fingerprint density at radius 1 is 1.12 bits per heavy atom. The summed E-state index contributed by atoms with van der Waals surface area (Å²) in [6.45, 7) is 8.13. The standard InChI is InChI=1S/C21H29N3/c1-3-14-24-15-10-19(11-16-24)23-21(18-8-12-22-13-9-18)20-7-5-4-6-17(20)2/h4-9,12-13,19,21,23H,3,10-11,14-16H2,1-2H3/t21-/m0/s1. The van der Waals surface area contributed by atoms with E-state index in [-0.39, 0.29) is 6.04 Å². The number of benzene rings is 1. The fourth-order valence-corrected chi connectivity index (χ4v) is 3.71. The van der Waals surface area contributed by atoms with Crippen LogP contribution in [0, 0.1) is 6.92 Å². The van der Waals surface area contributed by atoms with Crippen molar-refractivity contribution in [1.29, 1.82) is 0 Å². The van der Waals surface area contributed by atoms with Crippen LogP contribution >= 0.6 is 0 Å². The third-order valence-electron chi connectivity index (χ3n) is 5.07. The number of hydrogen-bond acceptors (Lipinski definition) is 3. The van der Waals surface area contributed by atoms with E-state index in [1.54, 1.807) is 0 Å².